The van der Waals surface area contributed by atoms with E-state index in [1.165, 1.54) is 12.8 Å². The number of hydrogen-bond acceptors (Lipinski definition) is 2. The molecule has 5 nitrogen and oxygen atoms in total. The van der Waals surface area contributed by atoms with Crippen LogP contribution in [0.1, 0.15) is 53.4 Å². The number of hydrogen-bond donors (Lipinski definition) is 3. The van der Waals surface area contributed by atoms with Crippen molar-refractivity contribution in [2.45, 2.75) is 71.0 Å². The molecule has 0 aromatic carbocycles. The maximum Gasteiger partial charge on any atom is 0.242 e. The molecule has 0 heterocycles. The molecule has 5 heteroatoms. The summed E-state index contributed by atoms with van der Waals surface area (Å²) in [4.78, 5) is 16.2. The maximum absolute atomic E-state index is 11.8. The number of carbonyl (C=O) groups is 1. The Morgan fingerprint density at radius 3 is 2.39 bits per heavy atom. The van der Waals surface area contributed by atoms with Gasteiger partial charge in [-0.25, -0.2) is 0 Å². The summed E-state index contributed by atoms with van der Waals surface area (Å²) in [6.07, 6.45) is 4.65. The molecular formula is C13H26N4O. The number of aliphatic imine (C=N–C) groups is 1. The molecule has 0 saturated heterocycles. The van der Waals surface area contributed by atoms with Crippen molar-refractivity contribution in [3.63, 3.8) is 0 Å². The van der Waals surface area contributed by atoms with Crippen molar-refractivity contribution in [3.05, 3.63) is 0 Å². The van der Waals surface area contributed by atoms with Gasteiger partial charge in [0.1, 0.15) is 6.04 Å². The molecular weight excluding hydrogens is 228 g/mol. The topological polar surface area (TPSA) is 79.5 Å². The van der Waals surface area contributed by atoms with Crippen LogP contribution in [0.5, 0.6) is 0 Å². The predicted octanol–water partition coefficient (Wildman–Crippen LogP) is 1.14. The number of nitrogens with one attached hydrogen (secondary N) is 2. The molecule has 0 aromatic rings. The minimum absolute atomic E-state index is 0.0629. The number of guanidine groups is 1. The highest BCUT2D eigenvalue weighted by Crippen LogP contribution is 2.20. The third kappa shape index (κ3) is 5.38. The Morgan fingerprint density at radius 2 is 1.89 bits per heavy atom. The average Bonchev–Trinajstić information content (AvgIpc) is 2.67. The van der Waals surface area contributed by atoms with Gasteiger partial charge in [0, 0.05) is 5.54 Å². The molecule has 1 aliphatic carbocycles. The fourth-order valence-electron chi connectivity index (χ4n) is 2.03. The standard InChI is InChI=1S/C13H26N4O/c1-9(11(18)17-13(2,3)4)15-12(14)16-10-7-5-6-8-10/h9-10H,5-8H2,1-4H3,(H,17,18)(H3,14,15,16). The molecule has 0 aromatic heterocycles. The third-order valence-electron chi connectivity index (χ3n) is 2.90. The van der Waals surface area contributed by atoms with Crippen molar-refractivity contribution in [2.75, 3.05) is 0 Å². The lowest BCUT2D eigenvalue weighted by Crippen LogP contribution is -2.52. The lowest BCUT2D eigenvalue weighted by molar-refractivity contribution is -0.123. The molecule has 1 fully saturated rings. The Labute approximate surface area is 110 Å². The smallest absolute Gasteiger partial charge is 0.242 e. The first-order chi connectivity index (χ1) is 8.28. The molecule has 1 rings (SSSR count). The summed E-state index contributed by atoms with van der Waals surface area (Å²) < 4.78 is 0. The van der Waals surface area contributed by atoms with E-state index in [2.05, 4.69) is 15.6 Å². The van der Waals surface area contributed by atoms with Crippen molar-refractivity contribution in [3.8, 4) is 0 Å². The van der Waals surface area contributed by atoms with Crippen LogP contribution in [-0.2, 0) is 4.79 Å². The van der Waals surface area contributed by atoms with Gasteiger partial charge in [0.15, 0.2) is 5.96 Å². The lowest BCUT2D eigenvalue weighted by Gasteiger charge is -2.24. The van der Waals surface area contributed by atoms with Crippen LogP contribution in [-0.4, -0.2) is 29.5 Å². The number of amides is 1. The van der Waals surface area contributed by atoms with Crippen molar-refractivity contribution in [1.29, 1.82) is 0 Å². The quantitative estimate of drug-likeness (QED) is 0.522. The van der Waals surface area contributed by atoms with E-state index in [0.29, 0.717) is 12.0 Å². The average molecular weight is 254 g/mol. The zero-order chi connectivity index (χ0) is 13.8. The Hall–Kier alpha value is -1.26. The second-order valence-corrected chi connectivity index (χ2v) is 6.06. The predicted molar refractivity (Wildman–Crippen MR) is 74.4 cm³/mol. The summed E-state index contributed by atoms with van der Waals surface area (Å²) in [5, 5.41) is 5.85. The van der Waals surface area contributed by atoms with Crippen molar-refractivity contribution in [2.24, 2.45) is 10.7 Å². The molecule has 18 heavy (non-hydrogen) atoms. The van der Waals surface area contributed by atoms with E-state index in [9.17, 15) is 4.79 Å². The molecule has 104 valence electrons. The Morgan fingerprint density at radius 1 is 1.33 bits per heavy atom. The SMILES string of the molecule is CC(NC(N)=NC1CCCC1)C(=O)NC(C)(C)C. The molecule has 1 saturated carbocycles. The second-order valence-electron chi connectivity index (χ2n) is 6.06. The number of carbonyl (C=O) groups excluding carboxylic acids is 1. The minimum Gasteiger partial charge on any atom is -0.370 e. The van der Waals surface area contributed by atoms with E-state index in [1.54, 1.807) is 6.92 Å². The van der Waals surface area contributed by atoms with Crippen LogP contribution in [0.25, 0.3) is 0 Å². The van der Waals surface area contributed by atoms with Crippen LogP contribution < -0.4 is 16.4 Å². The maximum atomic E-state index is 11.8. The van der Waals surface area contributed by atoms with E-state index in [4.69, 9.17) is 5.73 Å². The second kappa shape index (κ2) is 6.07. The summed E-state index contributed by atoms with van der Waals surface area (Å²) in [5.74, 6) is 0.311. The van der Waals surface area contributed by atoms with E-state index < -0.39 is 0 Å². The third-order valence-corrected chi connectivity index (χ3v) is 2.90. The zero-order valence-electron chi connectivity index (χ0n) is 11.9. The van der Waals surface area contributed by atoms with Gasteiger partial charge in [0.05, 0.1) is 6.04 Å². The highest BCUT2D eigenvalue weighted by atomic mass is 16.2. The van der Waals surface area contributed by atoms with Gasteiger partial charge in [-0.1, -0.05) is 12.8 Å². The molecule has 4 N–H and O–H groups in total. The zero-order valence-corrected chi connectivity index (χ0v) is 11.9. The summed E-state index contributed by atoms with van der Waals surface area (Å²) >= 11 is 0. The minimum atomic E-state index is -0.366. The summed E-state index contributed by atoms with van der Waals surface area (Å²) in [7, 11) is 0. The summed E-state index contributed by atoms with van der Waals surface area (Å²) in [6.45, 7) is 7.65. The molecule has 0 radical (unpaired) electrons. The van der Waals surface area contributed by atoms with Gasteiger partial charge in [-0.2, -0.15) is 0 Å². The lowest BCUT2D eigenvalue weighted by atomic mass is 10.1. The molecule has 1 aliphatic rings. The van der Waals surface area contributed by atoms with Crippen LogP contribution in [0.15, 0.2) is 4.99 Å². The molecule has 1 unspecified atom stereocenters. The fraction of sp³-hybridized carbons (Fsp3) is 0.846. The van der Waals surface area contributed by atoms with Crippen LogP contribution >= 0.6 is 0 Å². The van der Waals surface area contributed by atoms with Gasteiger partial charge in [-0.15, -0.1) is 0 Å². The first-order valence-electron chi connectivity index (χ1n) is 6.70. The normalized spacial score (nSPS) is 19.7. The molecule has 1 atom stereocenters. The van der Waals surface area contributed by atoms with Gasteiger partial charge in [-0.3, -0.25) is 9.79 Å². The van der Waals surface area contributed by atoms with Crippen molar-refractivity contribution < 1.29 is 4.79 Å². The van der Waals surface area contributed by atoms with Gasteiger partial charge in [-0.05, 0) is 40.5 Å². The van der Waals surface area contributed by atoms with Gasteiger partial charge in [0.25, 0.3) is 0 Å². The number of nitrogens with zero attached hydrogens (tertiary/aromatic N) is 1. The first kappa shape index (κ1) is 14.8. The van der Waals surface area contributed by atoms with Gasteiger partial charge >= 0.3 is 0 Å². The van der Waals surface area contributed by atoms with Crippen LogP contribution in [0.4, 0.5) is 0 Å². The molecule has 0 spiro atoms. The number of nitrogens with two attached hydrogens (primary N) is 1. The number of rotatable bonds is 3. The molecule has 0 aliphatic heterocycles. The van der Waals surface area contributed by atoms with Crippen LogP contribution in [0.3, 0.4) is 0 Å². The Kier molecular flexibility index (Phi) is 4.99. The summed E-state index contributed by atoms with van der Waals surface area (Å²) in [6, 6.07) is -0.0373. The van der Waals surface area contributed by atoms with Crippen LogP contribution in [0.2, 0.25) is 0 Å². The molecule has 0 bridgehead atoms. The largest absolute Gasteiger partial charge is 0.370 e. The summed E-state index contributed by atoms with van der Waals surface area (Å²) in [5.41, 5.74) is 5.58. The molecule has 1 amide bonds. The highest BCUT2D eigenvalue weighted by molar-refractivity contribution is 5.88. The fourth-order valence-corrected chi connectivity index (χ4v) is 2.03. The van der Waals surface area contributed by atoms with E-state index >= 15 is 0 Å². The first-order valence-corrected chi connectivity index (χ1v) is 6.70. The van der Waals surface area contributed by atoms with Gasteiger partial charge < -0.3 is 16.4 Å². The van der Waals surface area contributed by atoms with Gasteiger partial charge in [0.2, 0.25) is 5.91 Å². The van der Waals surface area contributed by atoms with E-state index in [-0.39, 0.29) is 17.5 Å². The van der Waals surface area contributed by atoms with E-state index in [1.807, 2.05) is 20.8 Å². The Balaban J connectivity index is 2.43. The highest BCUT2D eigenvalue weighted by Gasteiger charge is 2.20. The van der Waals surface area contributed by atoms with E-state index in [0.717, 1.165) is 12.8 Å². The van der Waals surface area contributed by atoms with Crippen molar-refractivity contribution in [1.82, 2.24) is 10.6 Å². The monoisotopic (exact) mass is 254 g/mol. The van der Waals surface area contributed by atoms with Crippen molar-refractivity contribution >= 4 is 11.9 Å². The van der Waals surface area contributed by atoms with Crippen LogP contribution in [0, 0.1) is 0 Å². The Bertz CT molecular complexity index is 313.